The topological polar surface area (TPSA) is 86.8 Å². The number of piperidine rings is 1. The third-order valence-corrected chi connectivity index (χ3v) is 10.2. The van der Waals surface area contributed by atoms with Crippen molar-refractivity contribution in [2.45, 2.75) is 95.0 Å². The highest BCUT2D eigenvalue weighted by Gasteiger charge is 2.35. The molecule has 1 aromatic heterocycles. The molecule has 2 atom stereocenters. The van der Waals surface area contributed by atoms with E-state index in [4.69, 9.17) is 0 Å². The number of hydrogen-bond acceptors (Lipinski definition) is 5. The number of hydrogen-bond donors (Lipinski definition) is 1. The Balaban J connectivity index is 1.35. The van der Waals surface area contributed by atoms with Crippen LogP contribution in [0.5, 0.6) is 0 Å². The number of amides is 2. The van der Waals surface area contributed by atoms with E-state index in [9.17, 15) is 18.0 Å². The Labute approximate surface area is 231 Å². The van der Waals surface area contributed by atoms with E-state index in [1.54, 1.807) is 34.4 Å². The number of nitrogens with one attached hydrogen (secondary N) is 1. The summed E-state index contributed by atoms with van der Waals surface area (Å²) < 4.78 is 29.1. The molecule has 4 rings (SSSR count). The van der Waals surface area contributed by atoms with Crippen LogP contribution in [0.4, 0.5) is 0 Å². The van der Waals surface area contributed by atoms with Crippen LogP contribution in [0.3, 0.4) is 0 Å². The van der Waals surface area contributed by atoms with Crippen molar-refractivity contribution in [1.82, 2.24) is 14.5 Å². The zero-order chi connectivity index (χ0) is 27.1. The van der Waals surface area contributed by atoms with Crippen LogP contribution in [0.1, 0.15) is 76.0 Å². The summed E-state index contributed by atoms with van der Waals surface area (Å²) in [6.07, 6.45) is 10.2. The molecule has 0 bridgehead atoms. The summed E-state index contributed by atoms with van der Waals surface area (Å²) in [6, 6.07) is 10.2. The lowest BCUT2D eigenvalue weighted by Gasteiger charge is -2.34. The van der Waals surface area contributed by atoms with Crippen molar-refractivity contribution in [2.75, 3.05) is 19.6 Å². The van der Waals surface area contributed by atoms with Gasteiger partial charge in [-0.3, -0.25) is 9.59 Å². The van der Waals surface area contributed by atoms with Crippen molar-refractivity contribution < 1.29 is 18.0 Å². The number of benzene rings is 1. The number of rotatable bonds is 12. The Morgan fingerprint density at radius 1 is 1.05 bits per heavy atom. The van der Waals surface area contributed by atoms with Gasteiger partial charge in [0.05, 0.1) is 11.4 Å². The molecule has 3 heterocycles. The number of sulfonamides is 1. The predicted octanol–water partition coefficient (Wildman–Crippen LogP) is 5.34. The van der Waals surface area contributed by atoms with Gasteiger partial charge in [-0.2, -0.15) is 4.72 Å². The molecule has 1 aromatic carbocycles. The highest BCUT2D eigenvalue weighted by Crippen LogP contribution is 2.29. The van der Waals surface area contributed by atoms with Crippen LogP contribution in [0.15, 0.2) is 41.3 Å². The highest BCUT2D eigenvalue weighted by molar-refractivity contribution is 7.89. The molecule has 0 saturated carbocycles. The minimum atomic E-state index is -3.90. The van der Waals surface area contributed by atoms with Crippen molar-refractivity contribution in [2.24, 2.45) is 0 Å². The lowest BCUT2D eigenvalue weighted by molar-refractivity contribution is -0.143. The molecule has 2 aliphatic rings. The van der Waals surface area contributed by atoms with Gasteiger partial charge in [0.1, 0.15) is 6.04 Å². The number of thiophene rings is 1. The Bertz CT molecular complexity index is 1210. The summed E-state index contributed by atoms with van der Waals surface area (Å²) in [4.78, 5) is 32.2. The van der Waals surface area contributed by atoms with Crippen molar-refractivity contribution in [3.8, 4) is 10.4 Å². The molecule has 0 radical (unpaired) electrons. The molecule has 2 aromatic rings. The highest BCUT2D eigenvalue weighted by atomic mass is 32.2. The Morgan fingerprint density at radius 3 is 2.61 bits per heavy atom. The maximum Gasteiger partial charge on any atom is 0.242 e. The molecular formula is C29H41N3O4S2. The third-order valence-electron chi connectivity index (χ3n) is 7.66. The lowest BCUT2D eigenvalue weighted by atomic mass is 10.0. The Kier molecular flexibility index (Phi) is 10.0. The quantitative estimate of drug-likeness (QED) is 0.356. The standard InChI is InChI=1S/C29H41N3O4S2/c1-3-4-5-6-7-12-24-13-9-19-32(24)28(33)21-31-18-10-15-26(29(31)34)30-38(35,36)25-14-8-11-23(20-25)27-17-16-22(2)37-27/h8,11,14,16-17,20,24,26,30H,3-7,9-10,12-13,15,18-19,21H2,1-2H3/t24-,26+/m1/s1. The van der Waals surface area contributed by atoms with Gasteiger partial charge < -0.3 is 9.80 Å². The molecule has 2 aliphatic heterocycles. The van der Waals surface area contributed by atoms with Gasteiger partial charge in [-0.05, 0) is 68.9 Å². The third kappa shape index (κ3) is 7.24. The SMILES string of the molecule is CCCCCCC[C@@H]1CCCN1C(=O)CN1CCC[C@H](NS(=O)(=O)c2cccc(-c3ccc(C)s3)c2)C1=O. The van der Waals surface area contributed by atoms with Crippen LogP contribution in [0.2, 0.25) is 0 Å². The van der Waals surface area contributed by atoms with Gasteiger partial charge in [0.25, 0.3) is 0 Å². The molecule has 208 valence electrons. The number of nitrogens with zero attached hydrogens (tertiary/aromatic N) is 2. The van der Waals surface area contributed by atoms with E-state index in [0.717, 1.165) is 47.5 Å². The van der Waals surface area contributed by atoms with Gasteiger partial charge in [-0.25, -0.2) is 8.42 Å². The zero-order valence-corrected chi connectivity index (χ0v) is 24.3. The normalized spacial score (nSPS) is 20.3. The van der Waals surface area contributed by atoms with Crippen molar-refractivity contribution in [3.63, 3.8) is 0 Å². The molecule has 2 amide bonds. The van der Waals surface area contributed by atoms with Crippen molar-refractivity contribution in [1.29, 1.82) is 0 Å². The van der Waals surface area contributed by atoms with Gasteiger partial charge in [-0.15, -0.1) is 11.3 Å². The fourth-order valence-electron chi connectivity index (χ4n) is 5.57. The van der Waals surface area contributed by atoms with E-state index in [1.807, 2.05) is 30.0 Å². The smallest absolute Gasteiger partial charge is 0.242 e. The number of carbonyl (C=O) groups excluding carboxylic acids is 2. The van der Waals surface area contributed by atoms with E-state index in [-0.39, 0.29) is 29.3 Å². The molecule has 2 saturated heterocycles. The number of aryl methyl sites for hydroxylation is 1. The summed E-state index contributed by atoms with van der Waals surface area (Å²) in [6.45, 7) is 5.47. The molecule has 1 N–H and O–H groups in total. The number of unbranched alkanes of at least 4 members (excludes halogenated alkanes) is 4. The second kappa shape index (κ2) is 13.2. The average molecular weight is 560 g/mol. The van der Waals surface area contributed by atoms with Gasteiger partial charge in [0.15, 0.2) is 0 Å². The lowest BCUT2D eigenvalue weighted by Crippen LogP contribution is -2.54. The molecule has 38 heavy (non-hydrogen) atoms. The van der Waals surface area contributed by atoms with Crippen LogP contribution >= 0.6 is 11.3 Å². The van der Waals surface area contributed by atoms with E-state index < -0.39 is 16.1 Å². The van der Waals surface area contributed by atoms with E-state index >= 15 is 0 Å². The largest absolute Gasteiger partial charge is 0.338 e. The summed E-state index contributed by atoms with van der Waals surface area (Å²) in [5.74, 6) is -0.328. The second-order valence-electron chi connectivity index (χ2n) is 10.6. The molecule has 7 nitrogen and oxygen atoms in total. The Hall–Kier alpha value is -2.23. The maximum absolute atomic E-state index is 13.3. The van der Waals surface area contributed by atoms with E-state index in [0.29, 0.717) is 19.4 Å². The van der Waals surface area contributed by atoms with Crippen molar-refractivity contribution in [3.05, 3.63) is 41.3 Å². The fraction of sp³-hybridized carbons (Fsp3) is 0.586. The van der Waals surface area contributed by atoms with Gasteiger partial charge in [0.2, 0.25) is 21.8 Å². The second-order valence-corrected chi connectivity index (χ2v) is 13.6. The summed E-state index contributed by atoms with van der Waals surface area (Å²) >= 11 is 1.61. The van der Waals surface area contributed by atoms with Crippen LogP contribution in [0, 0.1) is 6.92 Å². The first-order valence-corrected chi connectivity index (χ1v) is 16.4. The number of carbonyl (C=O) groups is 2. The Morgan fingerprint density at radius 2 is 1.84 bits per heavy atom. The van der Waals surface area contributed by atoms with Crippen LogP contribution < -0.4 is 4.72 Å². The van der Waals surface area contributed by atoms with Crippen LogP contribution in [-0.4, -0.2) is 61.7 Å². The summed E-state index contributed by atoms with van der Waals surface area (Å²) in [5, 5.41) is 0. The van der Waals surface area contributed by atoms with Crippen molar-refractivity contribution >= 4 is 33.2 Å². The molecular weight excluding hydrogens is 518 g/mol. The monoisotopic (exact) mass is 559 g/mol. The minimum absolute atomic E-state index is 0.0168. The average Bonchev–Trinajstić information content (AvgIpc) is 3.55. The molecule has 0 spiro atoms. The first-order valence-electron chi connectivity index (χ1n) is 14.1. The molecule has 9 heteroatoms. The number of likely N-dealkylation sites (tertiary alicyclic amines) is 2. The maximum atomic E-state index is 13.3. The predicted molar refractivity (Wildman–Crippen MR) is 153 cm³/mol. The van der Waals surface area contributed by atoms with E-state index in [2.05, 4.69) is 11.6 Å². The minimum Gasteiger partial charge on any atom is -0.338 e. The zero-order valence-electron chi connectivity index (χ0n) is 22.7. The van der Waals surface area contributed by atoms with Gasteiger partial charge in [0, 0.05) is 28.9 Å². The van der Waals surface area contributed by atoms with Crippen LogP contribution in [0.25, 0.3) is 10.4 Å². The summed E-state index contributed by atoms with van der Waals surface area (Å²) in [7, 11) is -3.90. The van der Waals surface area contributed by atoms with Gasteiger partial charge in [-0.1, -0.05) is 51.2 Å². The van der Waals surface area contributed by atoms with Crippen LogP contribution in [-0.2, 0) is 19.6 Å². The van der Waals surface area contributed by atoms with Gasteiger partial charge >= 0.3 is 0 Å². The fourth-order valence-corrected chi connectivity index (χ4v) is 7.70. The summed E-state index contributed by atoms with van der Waals surface area (Å²) in [5.41, 5.74) is 0.832. The first-order chi connectivity index (χ1) is 18.3. The van der Waals surface area contributed by atoms with E-state index in [1.165, 1.54) is 25.7 Å². The molecule has 0 unspecified atom stereocenters. The molecule has 0 aliphatic carbocycles. The molecule has 2 fully saturated rings. The first kappa shape index (κ1) is 28.8.